The number of hydrogen-bond acceptors (Lipinski definition) is 2. The fourth-order valence-electron chi connectivity index (χ4n) is 5.58. The Morgan fingerprint density at radius 1 is 0.833 bits per heavy atom. The molecule has 2 bridgehead atoms. The zero-order chi connectivity index (χ0) is 15.9. The SMILES string of the molecule is c1ccc2c(CN3CCN([C@@H]4C[C@@H]5CC[C@@H]4C5)CC3)cccc2c1. The van der Waals surface area contributed by atoms with Crippen LogP contribution in [0.1, 0.15) is 31.2 Å². The van der Waals surface area contributed by atoms with Crippen molar-refractivity contribution in [2.24, 2.45) is 11.8 Å². The van der Waals surface area contributed by atoms with Crippen molar-refractivity contribution in [1.29, 1.82) is 0 Å². The smallest absolute Gasteiger partial charge is 0.0240 e. The average molecular weight is 320 g/mol. The van der Waals surface area contributed by atoms with E-state index in [1.807, 2.05) is 0 Å². The molecule has 1 aliphatic heterocycles. The first kappa shape index (κ1) is 14.9. The van der Waals surface area contributed by atoms with Gasteiger partial charge in [0.05, 0.1) is 0 Å². The van der Waals surface area contributed by atoms with Gasteiger partial charge in [-0.1, -0.05) is 48.9 Å². The Bertz CT molecular complexity index is 711. The Morgan fingerprint density at radius 2 is 1.67 bits per heavy atom. The monoisotopic (exact) mass is 320 g/mol. The highest BCUT2D eigenvalue weighted by Gasteiger charge is 2.42. The van der Waals surface area contributed by atoms with Gasteiger partial charge in [0.1, 0.15) is 0 Å². The number of fused-ring (bicyclic) bond motifs is 3. The molecule has 2 aromatic carbocycles. The van der Waals surface area contributed by atoms with Crippen LogP contribution in [0.3, 0.4) is 0 Å². The zero-order valence-corrected chi connectivity index (χ0v) is 14.5. The van der Waals surface area contributed by atoms with Gasteiger partial charge >= 0.3 is 0 Å². The van der Waals surface area contributed by atoms with Gasteiger partial charge in [-0.3, -0.25) is 9.80 Å². The molecular formula is C22H28N2. The van der Waals surface area contributed by atoms with Gasteiger partial charge in [0.2, 0.25) is 0 Å². The van der Waals surface area contributed by atoms with E-state index in [2.05, 4.69) is 52.3 Å². The van der Waals surface area contributed by atoms with Gasteiger partial charge in [-0.15, -0.1) is 0 Å². The molecule has 3 aliphatic rings. The number of nitrogens with zero attached hydrogens (tertiary/aromatic N) is 2. The van der Waals surface area contributed by atoms with E-state index in [4.69, 9.17) is 0 Å². The summed E-state index contributed by atoms with van der Waals surface area (Å²) in [5, 5.41) is 2.80. The van der Waals surface area contributed by atoms with Crippen LogP contribution in [0.25, 0.3) is 10.8 Å². The van der Waals surface area contributed by atoms with E-state index in [0.29, 0.717) is 0 Å². The first-order chi connectivity index (χ1) is 11.9. The van der Waals surface area contributed by atoms with Crippen molar-refractivity contribution in [3.63, 3.8) is 0 Å². The number of benzene rings is 2. The minimum Gasteiger partial charge on any atom is -0.298 e. The minimum absolute atomic E-state index is 0.920. The van der Waals surface area contributed by atoms with Gasteiger partial charge in [0.25, 0.3) is 0 Å². The van der Waals surface area contributed by atoms with E-state index in [0.717, 1.165) is 24.4 Å². The van der Waals surface area contributed by atoms with Gasteiger partial charge < -0.3 is 0 Å². The summed E-state index contributed by atoms with van der Waals surface area (Å²) in [5.74, 6) is 2.09. The molecule has 5 rings (SSSR count). The van der Waals surface area contributed by atoms with E-state index in [1.165, 1.54) is 68.2 Å². The molecule has 126 valence electrons. The molecular weight excluding hydrogens is 292 g/mol. The molecule has 0 N–H and O–H groups in total. The highest BCUT2D eigenvalue weighted by Crippen LogP contribution is 2.46. The summed E-state index contributed by atoms with van der Waals surface area (Å²) in [6, 6.07) is 16.5. The van der Waals surface area contributed by atoms with Crippen LogP contribution in [0.4, 0.5) is 0 Å². The van der Waals surface area contributed by atoms with Crippen LogP contribution in [-0.4, -0.2) is 42.0 Å². The van der Waals surface area contributed by atoms with Crippen molar-refractivity contribution in [2.75, 3.05) is 26.2 Å². The Kier molecular flexibility index (Phi) is 3.83. The molecule has 0 amide bonds. The van der Waals surface area contributed by atoms with E-state index < -0.39 is 0 Å². The maximum Gasteiger partial charge on any atom is 0.0240 e. The molecule has 2 heteroatoms. The lowest BCUT2D eigenvalue weighted by Gasteiger charge is -2.41. The maximum atomic E-state index is 2.82. The van der Waals surface area contributed by atoms with Crippen molar-refractivity contribution in [3.8, 4) is 0 Å². The summed E-state index contributed by atoms with van der Waals surface area (Å²) < 4.78 is 0. The minimum atomic E-state index is 0.920. The van der Waals surface area contributed by atoms with E-state index >= 15 is 0 Å². The normalized spacial score (nSPS) is 31.1. The summed E-state index contributed by atoms with van der Waals surface area (Å²) in [5.41, 5.74) is 1.49. The van der Waals surface area contributed by atoms with Gasteiger partial charge in [0.15, 0.2) is 0 Å². The lowest BCUT2D eigenvalue weighted by Crippen LogP contribution is -2.51. The third kappa shape index (κ3) is 2.66. The van der Waals surface area contributed by atoms with Gasteiger partial charge in [-0.2, -0.15) is 0 Å². The Labute approximate surface area is 145 Å². The molecule has 3 fully saturated rings. The number of piperazine rings is 1. The van der Waals surface area contributed by atoms with Crippen molar-refractivity contribution in [2.45, 2.75) is 38.3 Å². The first-order valence-electron chi connectivity index (χ1n) is 9.80. The van der Waals surface area contributed by atoms with Gasteiger partial charge in [-0.05, 0) is 47.4 Å². The molecule has 0 unspecified atom stereocenters. The van der Waals surface area contributed by atoms with Crippen LogP contribution >= 0.6 is 0 Å². The van der Waals surface area contributed by atoms with Crippen molar-refractivity contribution in [3.05, 3.63) is 48.0 Å². The van der Waals surface area contributed by atoms with Crippen LogP contribution in [0.5, 0.6) is 0 Å². The summed E-state index contributed by atoms with van der Waals surface area (Å²) in [6.07, 6.45) is 6.04. The fourth-order valence-corrected chi connectivity index (χ4v) is 5.58. The van der Waals surface area contributed by atoms with E-state index in [9.17, 15) is 0 Å². The second-order valence-corrected chi connectivity index (χ2v) is 8.19. The predicted octanol–water partition coefficient (Wildman–Crippen LogP) is 4.15. The van der Waals surface area contributed by atoms with Crippen molar-refractivity contribution < 1.29 is 0 Å². The van der Waals surface area contributed by atoms with Crippen LogP contribution in [-0.2, 0) is 6.54 Å². The van der Waals surface area contributed by atoms with Crippen LogP contribution in [0.15, 0.2) is 42.5 Å². The molecule has 2 saturated carbocycles. The van der Waals surface area contributed by atoms with Gasteiger partial charge in [-0.25, -0.2) is 0 Å². The number of hydrogen-bond donors (Lipinski definition) is 0. The highest BCUT2D eigenvalue weighted by molar-refractivity contribution is 5.85. The molecule has 3 atom stereocenters. The standard InChI is InChI=1S/C22H28N2/c1-2-7-21-18(4-1)5-3-6-20(21)16-23-10-12-24(13-11-23)22-15-17-8-9-19(22)14-17/h1-7,17,19,22H,8-16H2/t17-,19-,22-/m1/s1. The molecule has 2 aromatic rings. The largest absolute Gasteiger partial charge is 0.298 e. The first-order valence-corrected chi connectivity index (χ1v) is 9.80. The molecule has 0 spiro atoms. The Hall–Kier alpha value is -1.38. The fraction of sp³-hybridized carbons (Fsp3) is 0.545. The molecule has 2 aliphatic carbocycles. The van der Waals surface area contributed by atoms with Gasteiger partial charge in [0, 0.05) is 38.8 Å². The maximum absolute atomic E-state index is 2.82. The highest BCUT2D eigenvalue weighted by atomic mass is 15.3. The molecule has 24 heavy (non-hydrogen) atoms. The lowest BCUT2D eigenvalue weighted by atomic mass is 9.93. The molecule has 2 nitrogen and oxygen atoms in total. The van der Waals surface area contributed by atoms with Crippen molar-refractivity contribution in [1.82, 2.24) is 9.80 Å². The van der Waals surface area contributed by atoms with E-state index in [1.54, 1.807) is 0 Å². The van der Waals surface area contributed by atoms with Crippen molar-refractivity contribution >= 4 is 10.8 Å². The summed E-state index contributed by atoms with van der Waals surface area (Å²) >= 11 is 0. The molecule has 0 aromatic heterocycles. The summed E-state index contributed by atoms with van der Waals surface area (Å²) in [6.45, 7) is 6.12. The predicted molar refractivity (Wildman–Crippen MR) is 100 cm³/mol. The van der Waals surface area contributed by atoms with Crippen LogP contribution in [0.2, 0.25) is 0 Å². The average Bonchev–Trinajstić information content (AvgIpc) is 3.26. The van der Waals surface area contributed by atoms with Crippen LogP contribution < -0.4 is 0 Å². The van der Waals surface area contributed by atoms with E-state index in [-0.39, 0.29) is 0 Å². The summed E-state index contributed by atoms with van der Waals surface area (Å²) in [7, 11) is 0. The third-order valence-electron chi connectivity index (χ3n) is 6.85. The molecule has 1 saturated heterocycles. The Morgan fingerprint density at radius 3 is 2.46 bits per heavy atom. The molecule has 1 heterocycles. The second kappa shape index (κ2) is 6.16. The Balaban J connectivity index is 1.24. The lowest BCUT2D eigenvalue weighted by molar-refractivity contribution is 0.0681. The second-order valence-electron chi connectivity index (χ2n) is 8.19. The molecule has 0 radical (unpaired) electrons. The third-order valence-corrected chi connectivity index (χ3v) is 6.85. The number of rotatable bonds is 3. The zero-order valence-electron chi connectivity index (χ0n) is 14.5. The quantitative estimate of drug-likeness (QED) is 0.838. The summed E-state index contributed by atoms with van der Waals surface area (Å²) in [4.78, 5) is 5.48. The topological polar surface area (TPSA) is 6.48 Å². The van der Waals surface area contributed by atoms with Crippen LogP contribution in [0, 0.1) is 11.8 Å².